The van der Waals surface area contributed by atoms with Crippen LogP contribution in [-0.2, 0) is 9.53 Å². The molecule has 0 saturated carbocycles. The first kappa shape index (κ1) is 24.6. The van der Waals surface area contributed by atoms with E-state index in [0.29, 0.717) is 37.0 Å². The van der Waals surface area contributed by atoms with Crippen molar-refractivity contribution in [3.63, 3.8) is 0 Å². The molecule has 0 aliphatic rings. The summed E-state index contributed by atoms with van der Waals surface area (Å²) in [5.41, 5.74) is 1.08. The summed E-state index contributed by atoms with van der Waals surface area (Å²) in [4.78, 5) is 29.4. The molecule has 168 valence electrons. The Hall–Kier alpha value is -2.04. The highest BCUT2D eigenvalue weighted by molar-refractivity contribution is 9.11. The van der Waals surface area contributed by atoms with E-state index in [0.717, 1.165) is 4.47 Å². The molecule has 0 radical (unpaired) electrons. The zero-order valence-corrected chi connectivity index (χ0v) is 22.5. The fourth-order valence-corrected chi connectivity index (χ4v) is 4.70. The number of carbonyl (C=O) groups excluding carboxylic acids is 1. The van der Waals surface area contributed by atoms with Gasteiger partial charge < -0.3 is 9.47 Å². The lowest BCUT2D eigenvalue weighted by Crippen LogP contribution is -2.25. The smallest absolute Gasteiger partial charge is 0.346 e. The number of hydrogen-bond acceptors (Lipinski definition) is 6. The summed E-state index contributed by atoms with van der Waals surface area (Å²) in [6.07, 6.45) is 0.796. The SMILES string of the molecule is COC(=O)[C@H](C)Oc1c(Br)cc(C=Nn2c(C(C)C)nc3ccc(Br)cc3c2=O)cc1Br. The number of halogens is 3. The molecule has 0 aliphatic carbocycles. The van der Waals surface area contributed by atoms with E-state index in [1.807, 2.05) is 26.0 Å². The van der Waals surface area contributed by atoms with E-state index in [2.05, 4.69) is 57.9 Å². The van der Waals surface area contributed by atoms with Gasteiger partial charge in [-0.2, -0.15) is 9.78 Å². The van der Waals surface area contributed by atoms with Crippen LogP contribution >= 0.6 is 47.8 Å². The zero-order valence-electron chi connectivity index (χ0n) is 17.7. The van der Waals surface area contributed by atoms with Crippen LogP contribution < -0.4 is 10.3 Å². The molecule has 0 N–H and O–H groups in total. The van der Waals surface area contributed by atoms with Crippen molar-refractivity contribution in [1.82, 2.24) is 9.66 Å². The summed E-state index contributed by atoms with van der Waals surface area (Å²) in [6, 6.07) is 8.95. The van der Waals surface area contributed by atoms with Gasteiger partial charge >= 0.3 is 5.97 Å². The van der Waals surface area contributed by atoms with E-state index in [1.54, 1.807) is 31.3 Å². The lowest BCUT2D eigenvalue weighted by Gasteiger charge is -2.15. The third-order valence-corrected chi connectivity index (χ3v) is 6.19. The van der Waals surface area contributed by atoms with Crippen LogP contribution in [0.25, 0.3) is 10.9 Å². The van der Waals surface area contributed by atoms with Crippen LogP contribution in [0.2, 0.25) is 0 Å². The van der Waals surface area contributed by atoms with Crippen molar-refractivity contribution in [2.45, 2.75) is 32.8 Å². The molecule has 1 heterocycles. The number of esters is 1. The second kappa shape index (κ2) is 10.3. The van der Waals surface area contributed by atoms with Gasteiger partial charge in [0, 0.05) is 10.4 Å². The number of benzene rings is 2. The molecular formula is C22H20Br3N3O4. The van der Waals surface area contributed by atoms with Gasteiger partial charge in [-0.3, -0.25) is 4.79 Å². The van der Waals surface area contributed by atoms with Gasteiger partial charge in [-0.25, -0.2) is 9.78 Å². The highest BCUT2D eigenvalue weighted by Crippen LogP contribution is 2.35. The van der Waals surface area contributed by atoms with Gasteiger partial charge in [0.25, 0.3) is 5.56 Å². The van der Waals surface area contributed by atoms with Crippen molar-refractivity contribution in [2.24, 2.45) is 5.10 Å². The molecule has 0 amide bonds. The normalized spacial score (nSPS) is 12.5. The van der Waals surface area contributed by atoms with Crippen LogP contribution in [0, 0.1) is 0 Å². The number of hydrogen-bond donors (Lipinski definition) is 0. The Morgan fingerprint density at radius 3 is 2.38 bits per heavy atom. The van der Waals surface area contributed by atoms with Crippen LogP contribution in [0.4, 0.5) is 0 Å². The van der Waals surface area contributed by atoms with E-state index in [4.69, 9.17) is 9.47 Å². The van der Waals surface area contributed by atoms with Gasteiger partial charge in [-0.15, -0.1) is 0 Å². The molecule has 32 heavy (non-hydrogen) atoms. The lowest BCUT2D eigenvalue weighted by atomic mass is 10.2. The van der Waals surface area contributed by atoms with Crippen molar-refractivity contribution in [1.29, 1.82) is 0 Å². The lowest BCUT2D eigenvalue weighted by molar-refractivity contribution is -0.147. The van der Waals surface area contributed by atoms with Crippen LogP contribution in [0.15, 0.2) is 53.6 Å². The molecule has 0 unspecified atom stereocenters. The van der Waals surface area contributed by atoms with E-state index >= 15 is 0 Å². The number of carbonyl (C=O) groups is 1. The number of ether oxygens (including phenoxy) is 2. The molecule has 0 saturated heterocycles. The predicted molar refractivity (Wildman–Crippen MR) is 135 cm³/mol. The van der Waals surface area contributed by atoms with Crippen molar-refractivity contribution in [3.8, 4) is 5.75 Å². The summed E-state index contributed by atoms with van der Waals surface area (Å²) in [5, 5.41) is 4.91. The molecular weight excluding hydrogens is 610 g/mol. The summed E-state index contributed by atoms with van der Waals surface area (Å²) >= 11 is 10.3. The second-order valence-electron chi connectivity index (χ2n) is 7.24. The van der Waals surface area contributed by atoms with Crippen LogP contribution in [-0.4, -0.2) is 35.1 Å². The van der Waals surface area contributed by atoms with Gasteiger partial charge in [-0.05, 0) is 74.7 Å². The van der Waals surface area contributed by atoms with Crippen molar-refractivity contribution < 1.29 is 14.3 Å². The quantitative estimate of drug-likeness (QED) is 0.261. The summed E-state index contributed by atoms with van der Waals surface area (Å²) < 4.78 is 13.7. The largest absolute Gasteiger partial charge is 0.477 e. The average Bonchev–Trinajstić information content (AvgIpc) is 2.74. The zero-order chi connectivity index (χ0) is 23.6. The third kappa shape index (κ3) is 5.29. The topological polar surface area (TPSA) is 82.8 Å². The highest BCUT2D eigenvalue weighted by atomic mass is 79.9. The summed E-state index contributed by atoms with van der Waals surface area (Å²) in [6.45, 7) is 5.52. The maximum absolute atomic E-state index is 13.1. The molecule has 0 spiro atoms. The minimum Gasteiger partial charge on any atom is -0.477 e. The Bertz CT molecular complexity index is 1250. The Morgan fingerprint density at radius 2 is 1.78 bits per heavy atom. The van der Waals surface area contributed by atoms with Crippen molar-refractivity contribution in [3.05, 3.63) is 65.5 Å². The van der Waals surface area contributed by atoms with E-state index < -0.39 is 12.1 Å². The number of nitrogens with zero attached hydrogens (tertiary/aromatic N) is 3. The second-order valence-corrected chi connectivity index (χ2v) is 9.87. The monoisotopic (exact) mass is 627 g/mol. The molecule has 10 heteroatoms. The fraction of sp³-hybridized carbons (Fsp3) is 0.273. The molecule has 1 aromatic heterocycles. The third-order valence-electron chi connectivity index (χ3n) is 4.52. The van der Waals surface area contributed by atoms with Gasteiger partial charge in [-0.1, -0.05) is 29.8 Å². The number of fused-ring (bicyclic) bond motifs is 1. The van der Waals surface area contributed by atoms with E-state index in [9.17, 15) is 9.59 Å². The maximum atomic E-state index is 13.1. The minimum absolute atomic E-state index is 0.0121. The van der Waals surface area contributed by atoms with Gasteiger partial charge in [0.15, 0.2) is 6.10 Å². The number of methoxy groups -OCH3 is 1. The van der Waals surface area contributed by atoms with E-state index in [1.165, 1.54) is 11.8 Å². The molecule has 1 atom stereocenters. The van der Waals surface area contributed by atoms with Crippen molar-refractivity contribution in [2.75, 3.05) is 7.11 Å². The Kier molecular flexibility index (Phi) is 7.89. The molecule has 0 aliphatic heterocycles. The fourth-order valence-electron chi connectivity index (χ4n) is 2.93. The van der Waals surface area contributed by atoms with Crippen LogP contribution in [0.1, 0.15) is 38.1 Å². The minimum atomic E-state index is -0.776. The first-order valence-electron chi connectivity index (χ1n) is 9.62. The van der Waals surface area contributed by atoms with Crippen LogP contribution in [0.3, 0.4) is 0 Å². The van der Waals surface area contributed by atoms with Gasteiger partial charge in [0.2, 0.25) is 0 Å². The molecule has 2 aromatic carbocycles. The summed E-state index contributed by atoms with van der Waals surface area (Å²) in [5.74, 6) is 0.524. The Labute approximate surface area is 210 Å². The number of aromatic nitrogens is 2. The van der Waals surface area contributed by atoms with Gasteiger partial charge in [0.05, 0.1) is 33.2 Å². The van der Waals surface area contributed by atoms with Crippen molar-refractivity contribution >= 4 is 70.9 Å². The summed E-state index contributed by atoms with van der Waals surface area (Å²) in [7, 11) is 1.31. The standard InChI is InChI=1S/C22H20Br3N3O4/c1-11(2)20-27-18-6-5-14(23)9-15(18)21(29)28(20)26-10-13-7-16(24)19(17(25)8-13)32-12(3)22(30)31-4/h5-12H,1-4H3/t12-/m0/s1. The molecule has 3 aromatic rings. The Morgan fingerprint density at radius 1 is 1.12 bits per heavy atom. The molecule has 0 bridgehead atoms. The van der Waals surface area contributed by atoms with Gasteiger partial charge in [0.1, 0.15) is 11.6 Å². The molecule has 7 nitrogen and oxygen atoms in total. The highest BCUT2D eigenvalue weighted by Gasteiger charge is 2.19. The predicted octanol–water partition coefficient (Wildman–Crippen LogP) is 5.63. The first-order chi connectivity index (χ1) is 15.1. The Balaban J connectivity index is 2.02. The van der Waals surface area contributed by atoms with E-state index in [-0.39, 0.29) is 11.5 Å². The van der Waals surface area contributed by atoms with Crippen LogP contribution in [0.5, 0.6) is 5.75 Å². The molecule has 0 fully saturated rings. The molecule has 3 rings (SSSR count). The first-order valence-corrected chi connectivity index (χ1v) is 12.0. The average molecular weight is 630 g/mol. The maximum Gasteiger partial charge on any atom is 0.346 e. The number of rotatable bonds is 6.